The van der Waals surface area contributed by atoms with Gasteiger partial charge in [0.1, 0.15) is 0 Å². The fourth-order valence-corrected chi connectivity index (χ4v) is 2.76. The highest BCUT2D eigenvalue weighted by atomic mass is 35.5. The number of hydrogen-bond donors (Lipinski definition) is 3. The largest absolute Gasteiger partial charge is 0.381 e. The van der Waals surface area contributed by atoms with E-state index in [4.69, 9.17) is 5.73 Å². The number of nitrogens with two attached hydrogens (primary N) is 1. The number of piperidine rings is 1. The molecule has 1 atom stereocenters. The van der Waals surface area contributed by atoms with Crippen LogP contribution in [-0.2, 0) is 4.79 Å². The molecule has 7 heteroatoms. The quantitative estimate of drug-likeness (QED) is 0.713. The fourth-order valence-electron chi connectivity index (χ4n) is 2.76. The van der Waals surface area contributed by atoms with Crippen LogP contribution >= 0.6 is 24.8 Å². The molecule has 1 saturated heterocycles. The molecule has 0 spiro atoms. The van der Waals surface area contributed by atoms with E-state index in [0.717, 1.165) is 43.7 Å². The van der Waals surface area contributed by atoms with Crippen molar-refractivity contribution in [1.29, 1.82) is 0 Å². The van der Waals surface area contributed by atoms with Crippen molar-refractivity contribution in [3.63, 3.8) is 0 Å². The summed E-state index contributed by atoms with van der Waals surface area (Å²) in [5.41, 5.74) is 7.69. The topological polar surface area (TPSA) is 70.4 Å². The van der Waals surface area contributed by atoms with Crippen LogP contribution < -0.4 is 16.4 Å². The van der Waals surface area contributed by atoms with Crippen LogP contribution in [0.1, 0.15) is 32.6 Å². The first-order chi connectivity index (χ1) is 10.6. The van der Waals surface area contributed by atoms with Crippen molar-refractivity contribution in [2.45, 2.75) is 44.7 Å². The van der Waals surface area contributed by atoms with Crippen LogP contribution in [0.3, 0.4) is 0 Å². The first kappa shape index (κ1) is 23.0. The van der Waals surface area contributed by atoms with Crippen molar-refractivity contribution in [3.8, 4) is 0 Å². The van der Waals surface area contributed by atoms with Crippen LogP contribution in [0, 0.1) is 0 Å². The van der Waals surface area contributed by atoms with Crippen LogP contribution in [0.5, 0.6) is 0 Å². The minimum absolute atomic E-state index is 0. The molecule has 4 N–H and O–H groups in total. The number of amides is 1. The molecule has 1 aliphatic rings. The van der Waals surface area contributed by atoms with E-state index < -0.39 is 6.04 Å². The molecule has 1 aromatic rings. The normalized spacial score (nSPS) is 16.5. The molecule has 2 rings (SSSR count). The van der Waals surface area contributed by atoms with E-state index >= 15 is 0 Å². The summed E-state index contributed by atoms with van der Waals surface area (Å²) in [5.74, 6) is -0.112. The molecule has 1 fully saturated rings. The monoisotopic (exact) mass is 376 g/mol. The smallest absolute Gasteiger partial charge is 0.241 e. The van der Waals surface area contributed by atoms with Gasteiger partial charge in [-0.2, -0.15) is 0 Å². The highest BCUT2D eigenvalue weighted by Crippen LogP contribution is 2.24. The Labute approximate surface area is 157 Å². The molecule has 1 heterocycles. The summed E-state index contributed by atoms with van der Waals surface area (Å²) in [6.07, 6.45) is 3.85. The average molecular weight is 377 g/mol. The average Bonchev–Trinajstić information content (AvgIpc) is 2.51. The Morgan fingerprint density at radius 2 is 1.83 bits per heavy atom. The Bertz CT molecular complexity index is 493. The second-order valence-corrected chi connectivity index (χ2v) is 6.15. The van der Waals surface area contributed by atoms with Gasteiger partial charge in [-0.15, -0.1) is 24.8 Å². The van der Waals surface area contributed by atoms with Gasteiger partial charge < -0.3 is 21.3 Å². The number of nitrogens with one attached hydrogen (secondary N) is 2. The van der Waals surface area contributed by atoms with Crippen molar-refractivity contribution in [2.75, 3.05) is 30.8 Å². The molecule has 1 amide bonds. The Morgan fingerprint density at radius 1 is 1.25 bits per heavy atom. The SMILES string of the molecule is CCCC(N)C(=O)Nc1ccccc1NC1CCN(C)CC1.Cl.Cl. The second-order valence-electron chi connectivity index (χ2n) is 6.15. The maximum Gasteiger partial charge on any atom is 0.241 e. The van der Waals surface area contributed by atoms with Crippen LogP contribution in [0.15, 0.2) is 24.3 Å². The van der Waals surface area contributed by atoms with Crippen molar-refractivity contribution in [1.82, 2.24) is 4.90 Å². The van der Waals surface area contributed by atoms with E-state index in [9.17, 15) is 4.79 Å². The molecule has 0 bridgehead atoms. The lowest BCUT2D eigenvalue weighted by molar-refractivity contribution is -0.117. The predicted octanol–water partition coefficient (Wildman–Crippen LogP) is 3.10. The molecule has 0 radical (unpaired) electrons. The number of carbonyl (C=O) groups is 1. The highest BCUT2D eigenvalue weighted by Gasteiger charge is 2.18. The van der Waals surface area contributed by atoms with Crippen LogP contribution in [0.25, 0.3) is 0 Å². The Morgan fingerprint density at radius 3 is 2.42 bits per heavy atom. The number of hydrogen-bond acceptors (Lipinski definition) is 4. The number of para-hydroxylation sites is 2. The van der Waals surface area contributed by atoms with Gasteiger partial charge in [0.25, 0.3) is 0 Å². The van der Waals surface area contributed by atoms with Gasteiger partial charge in [-0.3, -0.25) is 4.79 Å². The Balaban J connectivity index is 0.00000264. The van der Waals surface area contributed by atoms with E-state index in [1.54, 1.807) is 0 Å². The van der Waals surface area contributed by atoms with Gasteiger partial charge in [0.05, 0.1) is 17.4 Å². The Kier molecular flexibility index (Phi) is 11.0. The van der Waals surface area contributed by atoms with Crippen LogP contribution in [0.2, 0.25) is 0 Å². The summed E-state index contributed by atoms with van der Waals surface area (Å²) in [6.45, 7) is 4.24. The first-order valence-electron chi connectivity index (χ1n) is 8.20. The minimum Gasteiger partial charge on any atom is -0.381 e. The van der Waals surface area contributed by atoms with Gasteiger partial charge in [-0.1, -0.05) is 25.5 Å². The molecule has 1 aromatic carbocycles. The van der Waals surface area contributed by atoms with Crippen LogP contribution in [-0.4, -0.2) is 43.0 Å². The van der Waals surface area contributed by atoms with Gasteiger partial charge in [0.15, 0.2) is 0 Å². The van der Waals surface area contributed by atoms with E-state index in [1.807, 2.05) is 31.2 Å². The van der Waals surface area contributed by atoms with Gasteiger partial charge in [0.2, 0.25) is 5.91 Å². The molecular weight excluding hydrogens is 347 g/mol. The number of anilines is 2. The lowest BCUT2D eigenvalue weighted by atomic mass is 10.0. The molecule has 5 nitrogen and oxygen atoms in total. The Hall–Kier alpha value is -1.01. The molecule has 0 saturated carbocycles. The van der Waals surface area contributed by atoms with Gasteiger partial charge >= 0.3 is 0 Å². The predicted molar refractivity (Wildman–Crippen MR) is 107 cm³/mol. The summed E-state index contributed by atoms with van der Waals surface area (Å²) in [4.78, 5) is 14.5. The van der Waals surface area contributed by atoms with Gasteiger partial charge in [-0.05, 0) is 51.5 Å². The summed E-state index contributed by atoms with van der Waals surface area (Å²) in [5, 5.41) is 6.52. The molecule has 0 aliphatic carbocycles. The zero-order valence-electron chi connectivity index (χ0n) is 14.5. The molecular formula is C17H30Cl2N4O. The third kappa shape index (κ3) is 6.85. The van der Waals surface area contributed by atoms with Gasteiger partial charge in [0, 0.05) is 6.04 Å². The van der Waals surface area contributed by atoms with E-state index in [0.29, 0.717) is 12.5 Å². The fraction of sp³-hybridized carbons (Fsp3) is 0.588. The summed E-state index contributed by atoms with van der Waals surface area (Å²) in [6, 6.07) is 7.87. The van der Waals surface area contributed by atoms with E-state index in [2.05, 4.69) is 22.6 Å². The van der Waals surface area contributed by atoms with Crippen molar-refractivity contribution >= 4 is 42.1 Å². The van der Waals surface area contributed by atoms with Crippen molar-refractivity contribution in [3.05, 3.63) is 24.3 Å². The standard InChI is InChI=1S/C17H28N4O.2ClH/c1-3-6-14(18)17(22)20-16-8-5-4-7-15(16)19-13-9-11-21(2)12-10-13;;/h4-5,7-8,13-14,19H,3,6,9-12,18H2,1-2H3,(H,20,22);2*1H. The summed E-state index contributed by atoms with van der Waals surface area (Å²) in [7, 11) is 2.15. The molecule has 24 heavy (non-hydrogen) atoms. The lowest BCUT2D eigenvalue weighted by Crippen LogP contribution is -2.37. The second kappa shape index (κ2) is 11.5. The minimum atomic E-state index is -0.443. The molecule has 0 aromatic heterocycles. The third-order valence-corrected chi connectivity index (χ3v) is 4.20. The maximum atomic E-state index is 12.1. The lowest BCUT2D eigenvalue weighted by Gasteiger charge is -2.30. The third-order valence-electron chi connectivity index (χ3n) is 4.20. The zero-order valence-corrected chi connectivity index (χ0v) is 16.1. The number of carbonyl (C=O) groups excluding carboxylic acids is 1. The van der Waals surface area contributed by atoms with Crippen LogP contribution in [0.4, 0.5) is 11.4 Å². The van der Waals surface area contributed by atoms with Crippen molar-refractivity contribution < 1.29 is 4.79 Å². The van der Waals surface area contributed by atoms with Gasteiger partial charge in [-0.25, -0.2) is 0 Å². The zero-order chi connectivity index (χ0) is 15.9. The van der Waals surface area contributed by atoms with Crippen molar-refractivity contribution in [2.24, 2.45) is 5.73 Å². The molecule has 1 aliphatic heterocycles. The number of likely N-dealkylation sites (tertiary alicyclic amines) is 1. The van der Waals surface area contributed by atoms with E-state index in [1.165, 1.54) is 0 Å². The summed E-state index contributed by atoms with van der Waals surface area (Å²) < 4.78 is 0. The highest BCUT2D eigenvalue weighted by molar-refractivity contribution is 5.97. The summed E-state index contributed by atoms with van der Waals surface area (Å²) >= 11 is 0. The number of rotatable bonds is 6. The molecule has 1 unspecified atom stereocenters. The van der Waals surface area contributed by atoms with E-state index in [-0.39, 0.29) is 30.7 Å². The number of nitrogens with zero attached hydrogens (tertiary/aromatic N) is 1. The number of halogens is 2. The number of benzene rings is 1. The molecule has 138 valence electrons. The first-order valence-corrected chi connectivity index (χ1v) is 8.20. The maximum absolute atomic E-state index is 12.1.